The quantitative estimate of drug-likeness (QED) is 0.819. The van der Waals surface area contributed by atoms with Gasteiger partial charge < -0.3 is 10.2 Å². The van der Waals surface area contributed by atoms with Gasteiger partial charge in [-0.1, -0.05) is 36.4 Å². The topological polar surface area (TPSA) is 69.7 Å². The molecule has 0 atom stereocenters. The zero-order valence-electron chi connectivity index (χ0n) is 14.6. The fourth-order valence-corrected chi connectivity index (χ4v) is 3.52. The highest BCUT2D eigenvalue weighted by Gasteiger charge is 2.22. The van der Waals surface area contributed by atoms with Crippen molar-refractivity contribution in [1.82, 2.24) is 9.21 Å². The Bertz CT molecular complexity index is 820. The molecule has 0 saturated carbocycles. The second kappa shape index (κ2) is 8.24. The third kappa shape index (κ3) is 5.12. The van der Waals surface area contributed by atoms with Gasteiger partial charge in [-0.25, -0.2) is 8.42 Å². The van der Waals surface area contributed by atoms with Gasteiger partial charge in [0.15, 0.2) is 0 Å². The lowest BCUT2D eigenvalue weighted by Gasteiger charge is -2.18. The van der Waals surface area contributed by atoms with E-state index in [9.17, 15) is 13.2 Å². The van der Waals surface area contributed by atoms with E-state index in [0.717, 1.165) is 9.87 Å². The van der Waals surface area contributed by atoms with Crippen LogP contribution in [-0.4, -0.2) is 51.2 Å². The number of nitrogens with one attached hydrogen (secondary N) is 1. The number of hydrogen-bond donors (Lipinski definition) is 1. The van der Waals surface area contributed by atoms with Crippen LogP contribution >= 0.6 is 0 Å². The first kappa shape index (κ1) is 19.1. The molecule has 0 radical (unpaired) electrons. The third-order valence-electron chi connectivity index (χ3n) is 3.60. The van der Waals surface area contributed by atoms with Gasteiger partial charge in [0.1, 0.15) is 0 Å². The molecular formula is C18H23N3O3S. The minimum Gasteiger partial charge on any atom is -0.325 e. The second-order valence-corrected chi connectivity index (χ2v) is 8.06. The van der Waals surface area contributed by atoms with Crippen molar-refractivity contribution in [3.05, 3.63) is 60.2 Å². The van der Waals surface area contributed by atoms with E-state index in [0.29, 0.717) is 12.2 Å². The van der Waals surface area contributed by atoms with Gasteiger partial charge in [-0.2, -0.15) is 4.31 Å². The molecule has 0 aliphatic rings. The number of carbonyl (C=O) groups is 1. The number of nitrogens with zero attached hydrogens (tertiary/aromatic N) is 2. The Morgan fingerprint density at radius 1 is 0.960 bits per heavy atom. The van der Waals surface area contributed by atoms with Gasteiger partial charge >= 0.3 is 0 Å². The standard InChI is InChI=1S/C18H23N3O3S/c1-20(2)13-15-9-7-8-12-17(15)19-18(22)14-21(3)25(23,24)16-10-5-4-6-11-16/h4-12H,13-14H2,1-3H3,(H,19,22). The lowest BCUT2D eigenvalue weighted by Crippen LogP contribution is -2.35. The number of likely N-dealkylation sites (N-methyl/N-ethyl adjacent to an activating group) is 1. The van der Waals surface area contributed by atoms with Crippen molar-refractivity contribution >= 4 is 21.6 Å². The van der Waals surface area contributed by atoms with Crippen LogP contribution in [0.2, 0.25) is 0 Å². The highest BCUT2D eigenvalue weighted by molar-refractivity contribution is 7.89. The monoisotopic (exact) mass is 361 g/mol. The maximum atomic E-state index is 12.5. The number of carbonyl (C=O) groups excluding carboxylic acids is 1. The predicted molar refractivity (Wildman–Crippen MR) is 98.7 cm³/mol. The highest BCUT2D eigenvalue weighted by Crippen LogP contribution is 2.17. The van der Waals surface area contributed by atoms with Crippen molar-refractivity contribution in [2.45, 2.75) is 11.4 Å². The van der Waals surface area contributed by atoms with Crippen molar-refractivity contribution in [1.29, 1.82) is 0 Å². The minimum atomic E-state index is -3.69. The largest absolute Gasteiger partial charge is 0.325 e. The molecule has 0 heterocycles. The molecule has 6 nitrogen and oxygen atoms in total. The van der Waals surface area contributed by atoms with Crippen molar-refractivity contribution < 1.29 is 13.2 Å². The van der Waals surface area contributed by atoms with E-state index in [4.69, 9.17) is 0 Å². The summed E-state index contributed by atoms with van der Waals surface area (Å²) < 4.78 is 26.0. The Kier molecular flexibility index (Phi) is 6.30. The van der Waals surface area contributed by atoms with Crippen LogP contribution in [0.4, 0.5) is 5.69 Å². The number of amides is 1. The van der Waals surface area contributed by atoms with Crippen LogP contribution in [0.25, 0.3) is 0 Å². The molecule has 7 heteroatoms. The maximum Gasteiger partial charge on any atom is 0.243 e. The van der Waals surface area contributed by atoms with Gasteiger partial charge in [-0.05, 0) is 37.9 Å². The minimum absolute atomic E-state index is 0.165. The lowest BCUT2D eigenvalue weighted by atomic mass is 10.1. The van der Waals surface area contributed by atoms with E-state index in [1.165, 1.54) is 19.2 Å². The van der Waals surface area contributed by atoms with Crippen LogP contribution in [0.1, 0.15) is 5.56 Å². The number of anilines is 1. The van der Waals surface area contributed by atoms with Crippen LogP contribution in [0.3, 0.4) is 0 Å². The molecule has 0 bridgehead atoms. The molecule has 2 rings (SSSR count). The highest BCUT2D eigenvalue weighted by atomic mass is 32.2. The fraction of sp³-hybridized carbons (Fsp3) is 0.278. The van der Waals surface area contributed by atoms with E-state index in [1.807, 2.05) is 43.3 Å². The van der Waals surface area contributed by atoms with Gasteiger partial charge in [-0.15, -0.1) is 0 Å². The average molecular weight is 361 g/mol. The lowest BCUT2D eigenvalue weighted by molar-refractivity contribution is -0.116. The molecule has 0 spiro atoms. The summed E-state index contributed by atoms with van der Waals surface area (Å²) >= 11 is 0. The molecule has 2 aromatic rings. The maximum absolute atomic E-state index is 12.5. The third-order valence-corrected chi connectivity index (χ3v) is 5.41. The SMILES string of the molecule is CN(C)Cc1ccccc1NC(=O)CN(C)S(=O)(=O)c1ccccc1. The van der Waals surface area contributed by atoms with E-state index < -0.39 is 10.0 Å². The summed E-state index contributed by atoms with van der Waals surface area (Å²) in [6, 6.07) is 15.5. The molecule has 0 saturated heterocycles. The molecule has 1 N–H and O–H groups in total. The summed E-state index contributed by atoms with van der Waals surface area (Å²) in [4.78, 5) is 14.5. The molecule has 1 amide bonds. The molecule has 0 unspecified atom stereocenters. The van der Waals surface area contributed by atoms with E-state index in [-0.39, 0.29) is 17.3 Å². The van der Waals surface area contributed by atoms with Crippen molar-refractivity contribution in [2.24, 2.45) is 0 Å². The first-order valence-electron chi connectivity index (χ1n) is 7.84. The van der Waals surface area contributed by atoms with Gasteiger partial charge in [0.2, 0.25) is 15.9 Å². The van der Waals surface area contributed by atoms with Gasteiger partial charge in [0, 0.05) is 19.3 Å². The fourth-order valence-electron chi connectivity index (χ4n) is 2.37. The zero-order chi connectivity index (χ0) is 18.4. The van der Waals surface area contributed by atoms with Gasteiger partial charge in [0.25, 0.3) is 0 Å². The van der Waals surface area contributed by atoms with Crippen LogP contribution < -0.4 is 5.32 Å². The summed E-state index contributed by atoms with van der Waals surface area (Å²) in [5, 5.41) is 2.80. The average Bonchev–Trinajstić information content (AvgIpc) is 2.57. The van der Waals surface area contributed by atoms with E-state index in [2.05, 4.69) is 5.32 Å². The molecule has 134 valence electrons. The summed E-state index contributed by atoms with van der Waals surface area (Å²) in [6.07, 6.45) is 0. The second-order valence-electron chi connectivity index (χ2n) is 6.02. The zero-order valence-corrected chi connectivity index (χ0v) is 15.5. The molecule has 25 heavy (non-hydrogen) atoms. The first-order chi connectivity index (χ1) is 11.8. The van der Waals surface area contributed by atoms with Crippen LogP contribution in [0.15, 0.2) is 59.5 Å². The number of benzene rings is 2. The summed E-state index contributed by atoms with van der Waals surface area (Å²) in [7, 11) is 1.59. The first-order valence-corrected chi connectivity index (χ1v) is 9.28. The summed E-state index contributed by atoms with van der Waals surface area (Å²) in [6.45, 7) is 0.419. The van der Waals surface area contributed by atoms with Gasteiger partial charge in [-0.3, -0.25) is 4.79 Å². The van der Waals surface area contributed by atoms with E-state index in [1.54, 1.807) is 18.2 Å². The van der Waals surface area contributed by atoms with Crippen LogP contribution in [0.5, 0.6) is 0 Å². The number of para-hydroxylation sites is 1. The van der Waals surface area contributed by atoms with Crippen LogP contribution in [0, 0.1) is 0 Å². The predicted octanol–water partition coefficient (Wildman–Crippen LogP) is 2.01. The molecular weight excluding hydrogens is 338 g/mol. The van der Waals surface area contributed by atoms with Crippen molar-refractivity contribution in [3.63, 3.8) is 0 Å². The van der Waals surface area contributed by atoms with Gasteiger partial charge in [0.05, 0.1) is 11.4 Å². The molecule has 0 aliphatic carbocycles. The van der Waals surface area contributed by atoms with Crippen molar-refractivity contribution in [3.8, 4) is 0 Å². The Hall–Kier alpha value is -2.22. The molecule has 2 aromatic carbocycles. The van der Waals surface area contributed by atoms with Crippen molar-refractivity contribution in [2.75, 3.05) is 33.0 Å². The summed E-state index contributed by atoms with van der Waals surface area (Å²) in [5.74, 6) is -0.381. The molecule has 0 aromatic heterocycles. The number of sulfonamides is 1. The Morgan fingerprint density at radius 3 is 2.20 bits per heavy atom. The Morgan fingerprint density at radius 2 is 1.56 bits per heavy atom. The number of rotatable bonds is 7. The molecule has 0 aliphatic heterocycles. The number of hydrogen-bond acceptors (Lipinski definition) is 4. The normalized spacial score (nSPS) is 11.7. The summed E-state index contributed by atoms with van der Waals surface area (Å²) in [5.41, 5.74) is 1.65. The Labute approximate surface area is 149 Å². The van der Waals surface area contributed by atoms with E-state index >= 15 is 0 Å². The molecule has 0 fully saturated rings. The smallest absolute Gasteiger partial charge is 0.243 e. The van der Waals surface area contributed by atoms with Crippen LogP contribution in [-0.2, 0) is 21.4 Å². The Balaban J connectivity index is 2.08.